The fraction of sp³-hybridized carbons (Fsp3) is 0.400. The van der Waals surface area contributed by atoms with Gasteiger partial charge in [-0.25, -0.2) is 10.4 Å². The number of imide groups is 1. The number of rotatable bonds is 3. The Labute approximate surface area is 131 Å². The maximum atomic E-state index is 12.3. The Kier molecular flexibility index (Phi) is 3.88. The summed E-state index contributed by atoms with van der Waals surface area (Å²) in [6, 6.07) is 5.54. The van der Waals surface area contributed by atoms with Gasteiger partial charge in [0.2, 0.25) is 0 Å². The van der Waals surface area contributed by atoms with Crippen molar-refractivity contribution < 1.29 is 29.3 Å². The van der Waals surface area contributed by atoms with Crippen LogP contribution < -0.4 is 5.43 Å². The van der Waals surface area contributed by atoms with Crippen molar-refractivity contribution in [3.8, 4) is 0 Å². The summed E-state index contributed by atoms with van der Waals surface area (Å²) in [6.07, 6.45) is -2.58. The predicted octanol–water partition coefficient (Wildman–Crippen LogP) is -0.930. The molecule has 1 saturated carbocycles. The van der Waals surface area contributed by atoms with Crippen molar-refractivity contribution in [2.45, 2.75) is 24.7 Å². The number of nitrogens with one attached hydrogen (secondary N) is 1. The highest BCUT2D eigenvalue weighted by molar-refractivity contribution is 6.20. The highest BCUT2D eigenvalue weighted by Crippen LogP contribution is 2.29. The van der Waals surface area contributed by atoms with Crippen LogP contribution in [0.2, 0.25) is 0 Å². The van der Waals surface area contributed by atoms with E-state index in [-0.39, 0.29) is 17.5 Å². The van der Waals surface area contributed by atoms with Crippen molar-refractivity contribution in [2.75, 3.05) is 7.11 Å². The summed E-state index contributed by atoms with van der Waals surface area (Å²) >= 11 is 0. The summed E-state index contributed by atoms with van der Waals surface area (Å²) in [5.74, 6) is -2.63. The van der Waals surface area contributed by atoms with E-state index < -0.39 is 42.0 Å². The molecule has 122 valence electrons. The second-order valence-corrected chi connectivity index (χ2v) is 5.57. The minimum absolute atomic E-state index is 0.0441. The fourth-order valence-corrected chi connectivity index (χ4v) is 3.02. The van der Waals surface area contributed by atoms with Gasteiger partial charge in [0.25, 0.3) is 11.8 Å². The number of carbonyl (C=O) groups excluding carboxylic acids is 3. The largest absolute Gasteiger partial charge is 0.469 e. The molecular formula is C15H16N2O6. The molecule has 1 fully saturated rings. The van der Waals surface area contributed by atoms with Crippen LogP contribution in [0.25, 0.3) is 0 Å². The van der Waals surface area contributed by atoms with Gasteiger partial charge < -0.3 is 14.9 Å². The molecular weight excluding hydrogens is 304 g/mol. The first-order chi connectivity index (χ1) is 11.0. The van der Waals surface area contributed by atoms with E-state index in [0.717, 1.165) is 5.01 Å². The van der Waals surface area contributed by atoms with Gasteiger partial charge in [0, 0.05) is 0 Å². The lowest BCUT2D eigenvalue weighted by atomic mass is 10.1. The number of nitrogens with zero attached hydrogens (tertiary/aromatic N) is 1. The molecule has 0 unspecified atom stereocenters. The Bertz CT molecular complexity index is 641. The average Bonchev–Trinajstić information content (AvgIpc) is 2.98. The lowest BCUT2D eigenvalue weighted by molar-refractivity contribution is -0.149. The van der Waals surface area contributed by atoms with Crippen molar-refractivity contribution >= 4 is 17.8 Å². The third-order valence-electron chi connectivity index (χ3n) is 4.28. The second-order valence-electron chi connectivity index (χ2n) is 5.57. The van der Waals surface area contributed by atoms with Gasteiger partial charge in [-0.15, -0.1) is 0 Å². The molecule has 0 spiro atoms. The third-order valence-corrected chi connectivity index (χ3v) is 4.28. The summed E-state index contributed by atoms with van der Waals surface area (Å²) in [7, 11) is 1.19. The molecule has 0 radical (unpaired) electrons. The molecule has 3 N–H and O–H groups in total. The first-order valence-electron chi connectivity index (χ1n) is 7.13. The van der Waals surface area contributed by atoms with Crippen LogP contribution in [0.1, 0.15) is 27.1 Å². The molecule has 4 atom stereocenters. The molecule has 8 heteroatoms. The minimum Gasteiger partial charge on any atom is -0.469 e. The number of hydrogen-bond donors (Lipinski definition) is 3. The summed E-state index contributed by atoms with van der Waals surface area (Å²) in [4.78, 5) is 36.1. The normalized spacial score (nSPS) is 29.8. The molecule has 3 rings (SSSR count). The van der Waals surface area contributed by atoms with Crippen molar-refractivity contribution in [3.63, 3.8) is 0 Å². The predicted molar refractivity (Wildman–Crippen MR) is 76.0 cm³/mol. The lowest BCUT2D eigenvalue weighted by Crippen LogP contribution is -2.51. The first kappa shape index (κ1) is 15.6. The van der Waals surface area contributed by atoms with Gasteiger partial charge in [-0.2, -0.15) is 0 Å². The molecule has 1 aromatic carbocycles. The quantitative estimate of drug-likeness (QED) is 0.487. The van der Waals surface area contributed by atoms with E-state index in [1.54, 1.807) is 12.1 Å². The number of fused-ring (bicyclic) bond motifs is 1. The number of esters is 1. The zero-order chi connectivity index (χ0) is 16.7. The van der Waals surface area contributed by atoms with Crippen molar-refractivity contribution in [1.29, 1.82) is 0 Å². The molecule has 0 aromatic heterocycles. The summed E-state index contributed by atoms with van der Waals surface area (Å²) in [6.45, 7) is 0. The van der Waals surface area contributed by atoms with E-state index in [0.29, 0.717) is 0 Å². The Morgan fingerprint density at radius 3 is 2.26 bits per heavy atom. The molecule has 23 heavy (non-hydrogen) atoms. The number of ether oxygens (including phenoxy) is 1. The molecule has 0 bridgehead atoms. The topological polar surface area (TPSA) is 116 Å². The average molecular weight is 320 g/mol. The SMILES string of the molecule is COC(=O)[C@H]1C[C@@H](NN2C(=O)c3ccccc3C2=O)[C@H](O)[C@@H]1O. The number of benzene rings is 1. The molecule has 0 saturated heterocycles. The van der Waals surface area contributed by atoms with Gasteiger partial charge in [0.05, 0.1) is 42.4 Å². The van der Waals surface area contributed by atoms with E-state index in [2.05, 4.69) is 10.2 Å². The van der Waals surface area contributed by atoms with Crippen LogP contribution in [-0.4, -0.2) is 58.4 Å². The van der Waals surface area contributed by atoms with E-state index in [9.17, 15) is 24.6 Å². The van der Waals surface area contributed by atoms with Crippen LogP contribution in [0, 0.1) is 5.92 Å². The van der Waals surface area contributed by atoms with Crippen molar-refractivity contribution in [3.05, 3.63) is 35.4 Å². The standard InChI is InChI=1S/C15H16N2O6/c1-23-15(22)9-6-10(12(19)11(9)18)16-17-13(20)7-4-2-3-5-8(7)14(17)21/h2-5,9-12,16,18-19H,6H2,1H3/t9-,10+,11+,12-/m0/s1. The number of hydrogen-bond acceptors (Lipinski definition) is 7. The zero-order valence-electron chi connectivity index (χ0n) is 12.3. The molecule has 1 aromatic rings. The molecule has 1 heterocycles. The minimum atomic E-state index is -1.32. The number of hydrazine groups is 1. The molecule has 1 aliphatic heterocycles. The maximum absolute atomic E-state index is 12.3. The van der Waals surface area contributed by atoms with Gasteiger partial charge in [0.1, 0.15) is 0 Å². The van der Waals surface area contributed by atoms with Gasteiger partial charge in [0.15, 0.2) is 0 Å². The fourth-order valence-electron chi connectivity index (χ4n) is 3.02. The number of carbonyl (C=O) groups is 3. The van der Waals surface area contributed by atoms with Crippen LogP contribution in [0.5, 0.6) is 0 Å². The Morgan fingerprint density at radius 2 is 1.74 bits per heavy atom. The Morgan fingerprint density at radius 1 is 1.17 bits per heavy atom. The van der Waals surface area contributed by atoms with Crippen LogP contribution >= 0.6 is 0 Å². The van der Waals surface area contributed by atoms with E-state index >= 15 is 0 Å². The molecule has 2 aliphatic rings. The van der Waals surface area contributed by atoms with Gasteiger partial charge in [-0.1, -0.05) is 12.1 Å². The molecule has 1 aliphatic carbocycles. The van der Waals surface area contributed by atoms with E-state index in [1.165, 1.54) is 19.2 Å². The first-order valence-corrected chi connectivity index (χ1v) is 7.13. The van der Waals surface area contributed by atoms with Gasteiger partial charge in [-0.05, 0) is 18.6 Å². The van der Waals surface area contributed by atoms with Crippen LogP contribution in [0.15, 0.2) is 24.3 Å². The summed E-state index contributed by atoms with van der Waals surface area (Å²) < 4.78 is 4.58. The molecule has 2 amide bonds. The second kappa shape index (κ2) is 5.73. The third kappa shape index (κ3) is 2.40. The maximum Gasteiger partial charge on any atom is 0.311 e. The van der Waals surface area contributed by atoms with Gasteiger partial charge in [-0.3, -0.25) is 14.4 Å². The Hall–Kier alpha value is -2.29. The smallest absolute Gasteiger partial charge is 0.311 e. The van der Waals surface area contributed by atoms with Crippen molar-refractivity contribution in [2.24, 2.45) is 5.92 Å². The van der Waals surface area contributed by atoms with Crippen molar-refractivity contribution in [1.82, 2.24) is 10.4 Å². The number of aliphatic hydroxyl groups excluding tert-OH is 2. The summed E-state index contributed by atoms with van der Waals surface area (Å²) in [5.41, 5.74) is 3.16. The van der Waals surface area contributed by atoms with Crippen LogP contribution in [0.4, 0.5) is 0 Å². The highest BCUT2D eigenvalue weighted by Gasteiger charge is 2.48. The van der Waals surface area contributed by atoms with E-state index in [4.69, 9.17) is 0 Å². The van der Waals surface area contributed by atoms with Crippen LogP contribution in [-0.2, 0) is 9.53 Å². The number of aliphatic hydroxyl groups is 2. The van der Waals surface area contributed by atoms with Gasteiger partial charge >= 0.3 is 5.97 Å². The number of amides is 2. The molecule has 8 nitrogen and oxygen atoms in total. The monoisotopic (exact) mass is 320 g/mol. The van der Waals surface area contributed by atoms with E-state index in [1.807, 2.05) is 0 Å². The number of methoxy groups -OCH3 is 1. The van der Waals surface area contributed by atoms with Crippen LogP contribution in [0.3, 0.4) is 0 Å². The highest BCUT2D eigenvalue weighted by atomic mass is 16.5. The summed E-state index contributed by atoms with van der Waals surface area (Å²) in [5, 5.41) is 20.8. The Balaban J connectivity index is 1.77. The lowest BCUT2D eigenvalue weighted by Gasteiger charge is -2.23. The zero-order valence-corrected chi connectivity index (χ0v) is 12.3.